The summed E-state index contributed by atoms with van der Waals surface area (Å²) < 4.78 is 5.12. The van der Waals surface area contributed by atoms with Crippen LogP contribution in [-0.2, 0) is 6.42 Å². The Bertz CT molecular complexity index is 1600. The van der Waals surface area contributed by atoms with Gasteiger partial charge in [0.1, 0.15) is 23.8 Å². The van der Waals surface area contributed by atoms with Gasteiger partial charge < -0.3 is 17.0 Å². The van der Waals surface area contributed by atoms with Gasteiger partial charge in [-0.2, -0.15) is 9.13 Å². The topological polar surface area (TPSA) is 8.81 Å². The molecular formula is C43H53BrN2. The predicted molar refractivity (Wildman–Crippen MR) is 192 cm³/mol. The maximum atomic E-state index is 2.56. The first-order valence-electron chi connectivity index (χ1n) is 17.0. The van der Waals surface area contributed by atoms with Crippen molar-refractivity contribution in [2.45, 2.75) is 105 Å². The van der Waals surface area contributed by atoms with E-state index >= 15 is 0 Å². The summed E-state index contributed by atoms with van der Waals surface area (Å²) in [5.74, 6) is 3.02. The van der Waals surface area contributed by atoms with E-state index in [9.17, 15) is 0 Å². The maximum Gasteiger partial charge on any atom is 0.274 e. The van der Waals surface area contributed by atoms with Crippen molar-refractivity contribution in [1.29, 1.82) is 0 Å². The van der Waals surface area contributed by atoms with E-state index in [2.05, 4.69) is 176 Å². The molecule has 242 valence electrons. The first kappa shape index (κ1) is 35.4. The van der Waals surface area contributed by atoms with Crippen LogP contribution in [0.4, 0.5) is 0 Å². The summed E-state index contributed by atoms with van der Waals surface area (Å²) in [6, 6.07) is 32.2. The lowest BCUT2D eigenvalue weighted by Gasteiger charge is -2.23. The van der Waals surface area contributed by atoms with Crippen molar-refractivity contribution in [3.8, 4) is 11.4 Å². The standard InChI is InChI=1S/C43H53N2.BrH/c1-28(2)36-13-11-14-37(29(3)4)41(36)44-25-26-45(42-38(30(5)6)15-12-16-39(42)31(7)8)43(44)40(35-23-19-33(10)20-24-35)27-34-21-17-32(9)18-22-34;/h11-26,28-31,40H,27H2,1-10H3;1H/q+1;/p-1/t40-;/m0./s1. The molecule has 5 aromatic rings. The number of nitrogens with zero attached hydrogens (tertiary/aromatic N) is 2. The molecule has 0 N–H and O–H groups in total. The molecular weight excluding hydrogens is 624 g/mol. The van der Waals surface area contributed by atoms with Crippen LogP contribution >= 0.6 is 0 Å². The number of imidazole rings is 1. The third-order valence-corrected chi connectivity index (χ3v) is 9.38. The van der Waals surface area contributed by atoms with Crippen LogP contribution < -0.4 is 21.5 Å². The Labute approximate surface area is 289 Å². The normalized spacial score (nSPS) is 12.3. The van der Waals surface area contributed by atoms with E-state index in [1.54, 1.807) is 0 Å². The summed E-state index contributed by atoms with van der Waals surface area (Å²) in [6.45, 7) is 23.0. The molecule has 5 rings (SSSR count). The average Bonchev–Trinajstić information content (AvgIpc) is 3.44. The lowest BCUT2D eigenvalue weighted by molar-refractivity contribution is -0.606. The Hall–Kier alpha value is -3.43. The summed E-state index contributed by atoms with van der Waals surface area (Å²) in [6.07, 6.45) is 5.61. The second kappa shape index (κ2) is 15.0. The molecule has 46 heavy (non-hydrogen) atoms. The fraction of sp³-hybridized carbons (Fsp3) is 0.372. The van der Waals surface area contributed by atoms with Gasteiger partial charge in [0, 0.05) is 22.3 Å². The second-order valence-corrected chi connectivity index (χ2v) is 14.2. The van der Waals surface area contributed by atoms with Gasteiger partial charge >= 0.3 is 0 Å². The monoisotopic (exact) mass is 676 g/mol. The van der Waals surface area contributed by atoms with E-state index in [1.807, 2.05) is 0 Å². The van der Waals surface area contributed by atoms with Gasteiger partial charge in [-0.05, 0) is 55.1 Å². The van der Waals surface area contributed by atoms with Crippen molar-refractivity contribution in [3.63, 3.8) is 0 Å². The molecule has 0 saturated carbocycles. The fourth-order valence-electron chi connectivity index (χ4n) is 6.81. The van der Waals surface area contributed by atoms with Crippen molar-refractivity contribution >= 4 is 0 Å². The van der Waals surface area contributed by atoms with Crippen LogP contribution in [0.5, 0.6) is 0 Å². The first-order chi connectivity index (χ1) is 21.5. The third kappa shape index (κ3) is 7.26. The molecule has 1 atom stereocenters. The quantitative estimate of drug-likeness (QED) is 0.132. The van der Waals surface area contributed by atoms with Crippen molar-refractivity contribution in [3.05, 3.63) is 148 Å². The van der Waals surface area contributed by atoms with E-state index in [1.165, 1.54) is 61.7 Å². The van der Waals surface area contributed by atoms with E-state index in [0.29, 0.717) is 23.7 Å². The minimum atomic E-state index is 0. The molecule has 1 heterocycles. The Morgan fingerprint density at radius 2 is 1.00 bits per heavy atom. The van der Waals surface area contributed by atoms with Gasteiger partial charge in [-0.15, -0.1) is 0 Å². The molecule has 0 aliphatic heterocycles. The Kier molecular flexibility index (Phi) is 11.5. The van der Waals surface area contributed by atoms with Crippen molar-refractivity contribution in [2.24, 2.45) is 0 Å². The minimum absolute atomic E-state index is 0. The number of hydrogen-bond acceptors (Lipinski definition) is 0. The summed E-state index contributed by atoms with van der Waals surface area (Å²) >= 11 is 0. The molecule has 0 aliphatic rings. The maximum absolute atomic E-state index is 2.56. The van der Waals surface area contributed by atoms with Gasteiger partial charge in [-0.25, -0.2) is 0 Å². The van der Waals surface area contributed by atoms with Crippen molar-refractivity contribution in [1.82, 2.24) is 4.57 Å². The van der Waals surface area contributed by atoms with E-state index in [0.717, 1.165) is 6.42 Å². The van der Waals surface area contributed by atoms with Gasteiger partial charge in [0.25, 0.3) is 5.82 Å². The summed E-state index contributed by atoms with van der Waals surface area (Å²) in [5, 5.41) is 0. The number of aryl methyl sites for hydroxylation is 2. The number of halogens is 1. The number of para-hydroxylation sites is 2. The van der Waals surface area contributed by atoms with Gasteiger partial charge in [0.05, 0.1) is 5.92 Å². The predicted octanol–water partition coefficient (Wildman–Crippen LogP) is 8.24. The molecule has 0 amide bonds. The molecule has 0 unspecified atom stereocenters. The Morgan fingerprint density at radius 1 is 0.565 bits per heavy atom. The van der Waals surface area contributed by atoms with E-state index in [4.69, 9.17) is 0 Å². The third-order valence-electron chi connectivity index (χ3n) is 9.38. The smallest absolute Gasteiger partial charge is 0.274 e. The zero-order valence-electron chi connectivity index (χ0n) is 29.6. The van der Waals surface area contributed by atoms with E-state index < -0.39 is 0 Å². The number of aromatic nitrogens is 2. The highest BCUT2D eigenvalue weighted by atomic mass is 79.9. The molecule has 0 fully saturated rings. The van der Waals surface area contributed by atoms with Gasteiger partial charge in [-0.3, -0.25) is 0 Å². The summed E-state index contributed by atoms with van der Waals surface area (Å²) in [4.78, 5) is 0. The largest absolute Gasteiger partial charge is 1.00 e. The Balaban J connectivity index is 0.00000480. The van der Waals surface area contributed by atoms with E-state index in [-0.39, 0.29) is 22.9 Å². The number of hydrogen-bond donors (Lipinski definition) is 0. The molecule has 3 heteroatoms. The molecule has 1 aromatic heterocycles. The zero-order chi connectivity index (χ0) is 32.4. The Morgan fingerprint density at radius 3 is 1.46 bits per heavy atom. The molecule has 4 aromatic carbocycles. The van der Waals surface area contributed by atoms with Gasteiger partial charge in [0.2, 0.25) is 0 Å². The van der Waals surface area contributed by atoms with Crippen molar-refractivity contribution < 1.29 is 21.5 Å². The highest BCUT2D eigenvalue weighted by Crippen LogP contribution is 2.37. The van der Waals surface area contributed by atoms with Gasteiger partial charge in [-0.1, -0.05) is 151 Å². The fourth-order valence-corrected chi connectivity index (χ4v) is 6.81. The van der Waals surface area contributed by atoms with Crippen LogP contribution in [0.3, 0.4) is 0 Å². The zero-order valence-corrected chi connectivity index (χ0v) is 31.2. The first-order valence-corrected chi connectivity index (χ1v) is 17.0. The van der Waals surface area contributed by atoms with Crippen LogP contribution in [0.1, 0.15) is 135 Å². The molecule has 2 nitrogen and oxygen atoms in total. The SMILES string of the molecule is Cc1ccc(C[C@@H](c2ccc(C)cc2)c2n(-c3c(C(C)C)cccc3C(C)C)cc[n+]2-c2c(C(C)C)cccc2C(C)C)cc1.[Br-]. The van der Waals surface area contributed by atoms with Crippen LogP contribution in [-0.4, -0.2) is 4.57 Å². The highest BCUT2D eigenvalue weighted by molar-refractivity contribution is 5.53. The molecule has 0 bridgehead atoms. The molecule has 0 radical (unpaired) electrons. The highest BCUT2D eigenvalue weighted by Gasteiger charge is 2.35. The molecule has 0 spiro atoms. The summed E-state index contributed by atoms with van der Waals surface area (Å²) in [7, 11) is 0. The van der Waals surface area contributed by atoms with Crippen molar-refractivity contribution in [2.75, 3.05) is 0 Å². The minimum Gasteiger partial charge on any atom is -1.00 e. The number of rotatable bonds is 10. The average molecular weight is 678 g/mol. The van der Waals surface area contributed by atoms with Crippen LogP contribution in [0, 0.1) is 13.8 Å². The van der Waals surface area contributed by atoms with Crippen LogP contribution in [0.25, 0.3) is 11.4 Å². The molecule has 0 aliphatic carbocycles. The summed E-state index contributed by atoms with van der Waals surface area (Å²) in [5.41, 5.74) is 13.5. The van der Waals surface area contributed by atoms with Crippen LogP contribution in [0.2, 0.25) is 0 Å². The second-order valence-electron chi connectivity index (χ2n) is 14.2. The lowest BCUT2D eigenvalue weighted by Crippen LogP contribution is -3.00. The number of benzene rings is 4. The molecule has 0 saturated heterocycles. The lowest BCUT2D eigenvalue weighted by atomic mass is 9.88. The van der Waals surface area contributed by atoms with Crippen LogP contribution in [0.15, 0.2) is 97.3 Å². The van der Waals surface area contributed by atoms with Gasteiger partial charge in [0.15, 0.2) is 0 Å².